The minimum atomic E-state index is 0.140. The van der Waals surface area contributed by atoms with Gasteiger partial charge < -0.3 is 20.8 Å². The van der Waals surface area contributed by atoms with Crippen molar-refractivity contribution in [3.63, 3.8) is 0 Å². The molecule has 7 nitrogen and oxygen atoms in total. The third-order valence-corrected chi connectivity index (χ3v) is 7.44. The molecule has 196 valence electrons. The molecule has 1 saturated heterocycles. The molecule has 0 spiro atoms. The quantitative estimate of drug-likeness (QED) is 0.150. The van der Waals surface area contributed by atoms with E-state index < -0.39 is 0 Å². The summed E-state index contributed by atoms with van der Waals surface area (Å²) in [6.07, 6.45) is 16.0. The number of nitrogens with zero attached hydrogens (tertiary/aromatic N) is 3. The molecule has 1 fully saturated rings. The maximum atomic E-state index is 10.9. The van der Waals surface area contributed by atoms with Crippen molar-refractivity contribution >= 4 is 0 Å². The molecule has 2 aromatic carbocycles. The normalized spacial score (nSPS) is 16.2. The number of hydrogen-bond acceptors (Lipinski definition) is 5. The summed E-state index contributed by atoms with van der Waals surface area (Å²) >= 11 is 0. The second kappa shape index (κ2) is 11.7. The van der Waals surface area contributed by atoms with Gasteiger partial charge in [-0.15, -0.1) is 12.8 Å². The van der Waals surface area contributed by atoms with E-state index in [1.165, 1.54) is 21.4 Å². The molecule has 0 bridgehead atoms. The number of fused-ring (bicyclic) bond motifs is 3. The molecule has 1 aliphatic heterocycles. The van der Waals surface area contributed by atoms with E-state index >= 15 is 0 Å². The van der Waals surface area contributed by atoms with E-state index in [9.17, 15) is 5.21 Å². The fourth-order valence-corrected chi connectivity index (χ4v) is 5.52. The van der Waals surface area contributed by atoms with E-state index in [2.05, 4.69) is 82.8 Å². The van der Waals surface area contributed by atoms with Gasteiger partial charge in [0.25, 0.3) is 0 Å². The molecule has 0 radical (unpaired) electrons. The predicted octanol–water partition coefficient (Wildman–Crippen LogP) is 5.51. The zero-order valence-electron chi connectivity index (χ0n) is 22.0. The van der Waals surface area contributed by atoms with Crippen LogP contribution < -0.4 is 10.6 Å². The second-order valence-electron chi connectivity index (χ2n) is 9.95. The summed E-state index contributed by atoms with van der Waals surface area (Å²) in [7, 11) is 0. The molecule has 1 atom stereocenters. The van der Waals surface area contributed by atoms with Crippen LogP contribution in [-0.2, 0) is 19.4 Å². The van der Waals surface area contributed by atoms with Gasteiger partial charge in [0.15, 0.2) is 5.82 Å². The number of nitrogens with one attached hydrogen (secondary N) is 3. The number of imidazole rings is 2. The lowest BCUT2D eigenvalue weighted by molar-refractivity contribution is 0.160. The minimum absolute atomic E-state index is 0.140. The molecular weight excluding hydrogens is 472 g/mol. The zero-order valence-corrected chi connectivity index (χ0v) is 22.0. The van der Waals surface area contributed by atoms with E-state index in [4.69, 9.17) is 4.98 Å². The minimum Gasteiger partial charge on any atom is -0.427 e. The van der Waals surface area contributed by atoms with Crippen LogP contribution in [0.3, 0.4) is 0 Å². The monoisotopic (exact) mass is 508 g/mol. The van der Waals surface area contributed by atoms with Crippen LogP contribution in [-0.4, -0.2) is 38.0 Å². The van der Waals surface area contributed by atoms with Crippen molar-refractivity contribution in [3.8, 4) is 46.5 Å². The Morgan fingerprint density at radius 2 is 1.84 bits per heavy atom. The van der Waals surface area contributed by atoms with E-state index in [-0.39, 0.29) is 6.04 Å². The Morgan fingerprint density at radius 1 is 1.05 bits per heavy atom. The van der Waals surface area contributed by atoms with Gasteiger partial charge in [0.05, 0.1) is 35.9 Å². The van der Waals surface area contributed by atoms with E-state index in [1.54, 1.807) is 0 Å². The molecule has 38 heavy (non-hydrogen) atoms. The van der Waals surface area contributed by atoms with Crippen molar-refractivity contribution in [3.05, 3.63) is 71.6 Å². The highest BCUT2D eigenvalue weighted by atomic mass is 16.5. The molecule has 6 rings (SSSR count). The van der Waals surface area contributed by atoms with Gasteiger partial charge in [0, 0.05) is 5.56 Å². The number of aromatic nitrogens is 4. The van der Waals surface area contributed by atoms with Crippen molar-refractivity contribution in [1.82, 2.24) is 30.3 Å². The lowest BCUT2D eigenvalue weighted by Gasteiger charge is -2.10. The Morgan fingerprint density at radius 3 is 2.61 bits per heavy atom. The third-order valence-electron chi connectivity index (χ3n) is 7.44. The second-order valence-corrected chi connectivity index (χ2v) is 9.95. The number of aromatic amines is 1. The highest BCUT2D eigenvalue weighted by Crippen LogP contribution is 2.37. The summed E-state index contributed by atoms with van der Waals surface area (Å²) in [6, 6.07) is 15.5. The average molecular weight is 509 g/mol. The number of benzene rings is 2. The summed E-state index contributed by atoms with van der Waals surface area (Å²) in [5.74, 6) is 1.72. The fraction of sp³-hybridized carbons (Fsp3) is 0.355. The molecule has 2 aliphatic rings. The fourth-order valence-electron chi connectivity index (χ4n) is 5.52. The summed E-state index contributed by atoms with van der Waals surface area (Å²) in [4.78, 5) is 12.9. The highest BCUT2D eigenvalue weighted by Gasteiger charge is 2.28. The highest BCUT2D eigenvalue weighted by molar-refractivity contribution is 5.75. The van der Waals surface area contributed by atoms with Crippen LogP contribution >= 0.6 is 0 Å². The maximum absolute atomic E-state index is 10.9. The first-order valence-corrected chi connectivity index (χ1v) is 13.6. The topological polar surface area (TPSA) is 90.8 Å². The first-order valence-electron chi connectivity index (χ1n) is 13.6. The Balaban J connectivity index is 0.00000144. The number of H-pyrrole nitrogens is 1. The van der Waals surface area contributed by atoms with Crippen LogP contribution in [0.5, 0.6) is 0 Å². The number of hydrogen-bond donors (Lipinski definition) is 4. The third kappa shape index (κ3) is 5.10. The summed E-state index contributed by atoms with van der Waals surface area (Å²) in [5.41, 5.74) is 8.91. The van der Waals surface area contributed by atoms with Crippen LogP contribution in [0.4, 0.5) is 0 Å². The van der Waals surface area contributed by atoms with Crippen LogP contribution in [0, 0.1) is 12.8 Å². The lowest BCUT2D eigenvalue weighted by Crippen LogP contribution is -2.18. The number of terminal acetylenes is 1. The van der Waals surface area contributed by atoms with Gasteiger partial charge in [-0.2, -0.15) is 4.73 Å². The summed E-state index contributed by atoms with van der Waals surface area (Å²) in [5, 5.41) is 17.8. The molecular formula is C31H36N6O. The van der Waals surface area contributed by atoms with Crippen molar-refractivity contribution in [2.45, 2.75) is 58.0 Å². The smallest absolute Gasteiger partial charge is 0.162 e. The molecule has 4 aromatic rings. The van der Waals surface area contributed by atoms with Gasteiger partial charge in [-0.25, -0.2) is 9.97 Å². The number of aryl methyl sites for hydroxylation is 1. The maximum Gasteiger partial charge on any atom is 0.162 e. The molecule has 4 N–H and O–H groups in total. The lowest BCUT2D eigenvalue weighted by atomic mass is 9.95. The van der Waals surface area contributed by atoms with Gasteiger partial charge in [-0.05, 0) is 73.9 Å². The predicted molar refractivity (Wildman–Crippen MR) is 152 cm³/mol. The standard InChI is InChI=1S/C29H34N6O.C2H2/c1-2-14-30-18-27-32-17-25(33-27)20-10-8-19(9-11-20)21-12-13-23-22(16-21)5-3-7-26-28(23)34-29(35(26)36)24-6-4-15-31-24;1-2/h8-13,16-17,24,30-31,36H,2-7,14-15,18H2,1H3,(H,32,33);1-2H/t24-;/m0./s1. The van der Waals surface area contributed by atoms with Gasteiger partial charge in [-0.3, -0.25) is 0 Å². The van der Waals surface area contributed by atoms with Crippen molar-refractivity contribution < 1.29 is 5.21 Å². The SMILES string of the molecule is C#C.CCCNCc1ncc(-c2ccc(-c3ccc4c(c3)CCCc3c-4nc([C@@H]4CCCN4)n3O)cc2)[nH]1. The molecule has 0 amide bonds. The molecule has 7 heteroatoms. The molecule has 3 heterocycles. The van der Waals surface area contributed by atoms with Gasteiger partial charge >= 0.3 is 0 Å². The largest absolute Gasteiger partial charge is 0.427 e. The van der Waals surface area contributed by atoms with Crippen molar-refractivity contribution in [2.24, 2.45) is 0 Å². The average Bonchev–Trinajstić information content (AvgIpc) is 3.70. The van der Waals surface area contributed by atoms with Crippen molar-refractivity contribution in [2.75, 3.05) is 13.1 Å². The Bertz CT molecular complexity index is 1390. The van der Waals surface area contributed by atoms with Crippen LogP contribution in [0.15, 0.2) is 48.7 Å². The molecule has 1 aliphatic carbocycles. The van der Waals surface area contributed by atoms with E-state index in [1.807, 2.05) is 6.20 Å². The number of rotatable bonds is 7. The van der Waals surface area contributed by atoms with Gasteiger partial charge in [0.1, 0.15) is 5.82 Å². The van der Waals surface area contributed by atoms with Crippen molar-refractivity contribution in [1.29, 1.82) is 0 Å². The van der Waals surface area contributed by atoms with E-state index in [0.717, 1.165) is 98.0 Å². The van der Waals surface area contributed by atoms with Gasteiger partial charge in [0.2, 0.25) is 0 Å². The van der Waals surface area contributed by atoms with Crippen LogP contribution in [0.2, 0.25) is 0 Å². The first-order chi connectivity index (χ1) is 18.7. The van der Waals surface area contributed by atoms with Gasteiger partial charge in [-0.1, -0.05) is 49.4 Å². The summed E-state index contributed by atoms with van der Waals surface area (Å²) in [6.45, 7) is 4.90. The first kappa shape index (κ1) is 25.8. The Kier molecular flexibility index (Phi) is 7.92. The molecule has 0 unspecified atom stereocenters. The summed E-state index contributed by atoms with van der Waals surface area (Å²) < 4.78 is 1.36. The zero-order chi connectivity index (χ0) is 26.5. The molecule has 2 aromatic heterocycles. The van der Waals surface area contributed by atoms with Crippen LogP contribution in [0.25, 0.3) is 33.6 Å². The van der Waals surface area contributed by atoms with E-state index in [0.29, 0.717) is 0 Å². The Labute approximate surface area is 224 Å². The molecule has 0 saturated carbocycles. The Hall–Kier alpha value is -3.86. The van der Waals surface area contributed by atoms with Crippen LogP contribution in [0.1, 0.15) is 61.6 Å².